The summed E-state index contributed by atoms with van der Waals surface area (Å²) in [5.74, 6) is 0. The maximum absolute atomic E-state index is 10.3. The largest absolute Gasteiger partial charge is 0.283 e. The Balaban J connectivity index is 2.98. The second-order valence-corrected chi connectivity index (χ2v) is 4.21. The standard InChI is InChI=1S/C3ClIN2OS/c4-1(8)2-6-7-3(5)9-2. The normalized spacial score (nSPS) is 9.56. The summed E-state index contributed by atoms with van der Waals surface area (Å²) >= 11 is 8.23. The zero-order chi connectivity index (χ0) is 6.85. The van der Waals surface area contributed by atoms with Gasteiger partial charge in [0.25, 0.3) is 5.24 Å². The van der Waals surface area contributed by atoms with Gasteiger partial charge in [-0.2, -0.15) is 0 Å². The van der Waals surface area contributed by atoms with Crippen LogP contribution >= 0.6 is 45.5 Å². The van der Waals surface area contributed by atoms with Gasteiger partial charge in [-0.1, -0.05) is 11.3 Å². The molecule has 1 aromatic heterocycles. The first-order chi connectivity index (χ1) is 4.20. The summed E-state index contributed by atoms with van der Waals surface area (Å²) in [6, 6.07) is 0. The molecule has 0 amide bonds. The number of hydrogen-bond acceptors (Lipinski definition) is 4. The molecular weight excluding hydrogens is 274 g/mol. The summed E-state index contributed by atoms with van der Waals surface area (Å²) in [7, 11) is 0. The average Bonchev–Trinajstić information content (AvgIpc) is 2.14. The van der Waals surface area contributed by atoms with E-state index < -0.39 is 5.24 Å². The molecule has 0 atom stereocenters. The van der Waals surface area contributed by atoms with E-state index in [-0.39, 0.29) is 5.01 Å². The summed E-state index contributed by atoms with van der Waals surface area (Å²) in [6.07, 6.45) is 0. The third-order valence-electron chi connectivity index (χ3n) is 0.568. The molecule has 48 valence electrons. The highest BCUT2D eigenvalue weighted by Crippen LogP contribution is 2.12. The maximum Gasteiger partial charge on any atom is 0.283 e. The van der Waals surface area contributed by atoms with Crippen molar-refractivity contribution in [2.45, 2.75) is 0 Å². The molecule has 6 heteroatoms. The highest BCUT2D eigenvalue weighted by atomic mass is 127. The van der Waals surface area contributed by atoms with Crippen molar-refractivity contribution in [3.63, 3.8) is 0 Å². The average molecular weight is 274 g/mol. The molecule has 0 aromatic carbocycles. The summed E-state index contributed by atoms with van der Waals surface area (Å²) in [4.78, 5) is 10.3. The monoisotopic (exact) mass is 274 g/mol. The van der Waals surface area contributed by atoms with Gasteiger partial charge in [-0.3, -0.25) is 4.79 Å². The predicted molar refractivity (Wildman–Crippen MR) is 42.8 cm³/mol. The minimum Gasteiger partial charge on any atom is -0.273 e. The Hall–Kier alpha value is 0.250. The molecule has 0 unspecified atom stereocenters. The van der Waals surface area contributed by atoms with Gasteiger partial charge in [0, 0.05) is 0 Å². The van der Waals surface area contributed by atoms with E-state index in [1.165, 1.54) is 11.3 Å². The van der Waals surface area contributed by atoms with E-state index in [9.17, 15) is 4.79 Å². The Morgan fingerprint density at radius 1 is 1.67 bits per heavy atom. The Labute approximate surface area is 73.6 Å². The lowest BCUT2D eigenvalue weighted by molar-refractivity contribution is 0.108. The van der Waals surface area contributed by atoms with Crippen molar-refractivity contribution in [1.82, 2.24) is 10.2 Å². The summed E-state index contributed by atoms with van der Waals surface area (Å²) in [5.41, 5.74) is 0. The van der Waals surface area contributed by atoms with E-state index >= 15 is 0 Å². The van der Waals surface area contributed by atoms with Crippen LogP contribution in [0, 0.1) is 3.01 Å². The van der Waals surface area contributed by atoms with Crippen LogP contribution in [-0.2, 0) is 0 Å². The number of aromatic nitrogens is 2. The maximum atomic E-state index is 10.3. The van der Waals surface area contributed by atoms with Crippen molar-refractivity contribution in [2.24, 2.45) is 0 Å². The molecule has 1 heterocycles. The Kier molecular flexibility index (Phi) is 2.36. The minimum absolute atomic E-state index is 0.251. The number of carbonyl (C=O) groups is 1. The van der Waals surface area contributed by atoms with Crippen LogP contribution in [0.5, 0.6) is 0 Å². The first-order valence-corrected chi connectivity index (χ1v) is 4.16. The second kappa shape index (κ2) is 2.89. The van der Waals surface area contributed by atoms with Crippen LogP contribution in [0.3, 0.4) is 0 Å². The predicted octanol–water partition coefficient (Wildman–Crippen LogP) is 1.52. The van der Waals surface area contributed by atoms with Gasteiger partial charge in [0.05, 0.1) is 0 Å². The van der Waals surface area contributed by atoms with Crippen LogP contribution in [0.15, 0.2) is 0 Å². The van der Waals surface area contributed by atoms with E-state index in [0.717, 1.165) is 3.01 Å². The molecule has 0 aliphatic rings. The molecule has 0 radical (unpaired) electrons. The highest BCUT2D eigenvalue weighted by molar-refractivity contribution is 14.1. The summed E-state index contributed by atoms with van der Waals surface area (Å²) < 4.78 is 0.719. The quantitative estimate of drug-likeness (QED) is 0.576. The number of nitrogens with zero attached hydrogens (tertiary/aromatic N) is 2. The molecule has 0 bridgehead atoms. The van der Waals surface area contributed by atoms with Gasteiger partial charge in [0.15, 0.2) is 3.01 Å². The van der Waals surface area contributed by atoms with Crippen LogP contribution < -0.4 is 0 Å². The lowest BCUT2D eigenvalue weighted by Gasteiger charge is -1.73. The number of carbonyl (C=O) groups excluding carboxylic acids is 1. The summed E-state index contributed by atoms with van der Waals surface area (Å²) in [6.45, 7) is 0. The van der Waals surface area contributed by atoms with Gasteiger partial charge < -0.3 is 0 Å². The van der Waals surface area contributed by atoms with E-state index in [4.69, 9.17) is 11.6 Å². The topological polar surface area (TPSA) is 42.9 Å². The van der Waals surface area contributed by atoms with Gasteiger partial charge >= 0.3 is 0 Å². The zero-order valence-corrected chi connectivity index (χ0v) is 7.70. The Morgan fingerprint density at radius 2 is 2.33 bits per heavy atom. The van der Waals surface area contributed by atoms with Crippen molar-refractivity contribution in [2.75, 3.05) is 0 Å². The lowest BCUT2D eigenvalue weighted by Crippen LogP contribution is -1.84. The zero-order valence-electron chi connectivity index (χ0n) is 3.97. The van der Waals surface area contributed by atoms with Crippen LogP contribution in [0.4, 0.5) is 0 Å². The van der Waals surface area contributed by atoms with Gasteiger partial charge in [-0.05, 0) is 34.2 Å². The lowest BCUT2D eigenvalue weighted by atomic mass is 10.8. The molecule has 0 aliphatic heterocycles. The van der Waals surface area contributed by atoms with Crippen molar-refractivity contribution in [1.29, 1.82) is 0 Å². The molecule has 9 heavy (non-hydrogen) atoms. The van der Waals surface area contributed by atoms with Crippen LogP contribution in [-0.4, -0.2) is 15.4 Å². The van der Waals surface area contributed by atoms with Crippen LogP contribution in [0.25, 0.3) is 0 Å². The van der Waals surface area contributed by atoms with Crippen molar-refractivity contribution in [3.8, 4) is 0 Å². The Bertz CT molecular complexity index is 237. The molecule has 0 spiro atoms. The fourth-order valence-corrected chi connectivity index (χ4v) is 1.57. The molecule has 1 aromatic rings. The van der Waals surface area contributed by atoms with Crippen LogP contribution in [0.2, 0.25) is 0 Å². The van der Waals surface area contributed by atoms with E-state index in [2.05, 4.69) is 10.2 Å². The fourth-order valence-electron chi connectivity index (χ4n) is 0.285. The Morgan fingerprint density at radius 3 is 2.56 bits per heavy atom. The number of hydrogen-bond donors (Lipinski definition) is 0. The van der Waals surface area contributed by atoms with Gasteiger partial charge in [0.1, 0.15) is 0 Å². The molecule has 0 N–H and O–H groups in total. The van der Waals surface area contributed by atoms with E-state index in [0.29, 0.717) is 0 Å². The van der Waals surface area contributed by atoms with Crippen molar-refractivity contribution >= 4 is 50.8 Å². The smallest absolute Gasteiger partial charge is 0.273 e. The first-order valence-electron chi connectivity index (χ1n) is 1.89. The van der Waals surface area contributed by atoms with Gasteiger partial charge in [0.2, 0.25) is 5.01 Å². The molecule has 3 nitrogen and oxygen atoms in total. The molecule has 0 saturated carbocycles. The molecule has 0 fully saturated rings. The molecule has 0 aliphatic carbocycles. The number of rotatable bonds is 1. The summed E-state index contributed by atoms with van der Waals surface area (Å²) in [5, 5.41) is 6.79. The number of halogens is 2. The van der Waals surface area contributed by atoms with Crippen molar-refractivity contribution in [3.05, 3.63) is 8.02 Å². The first kappa shape index (κ1) is 7.36. The fraction of sp³-hybridized carbons (Fsp3) is 0. The molecular formula is C3ClIN2OS. The second-order valence-electron chi connectivity index (χ2n) is 1.13. The third kappa shape index (κ3) is 1.84. The van der Waals surface area contributed by atoms with E-state index in [1.54, 1.807) is 0 Å². The highest BCUT2D eigenvalue weighted by Gasteiger charge is 2.06. The minimum atomic E-state index is -0.546. The molecule has 0 saturated heterocycles. The van der Waals surface area contributed by atoms with E-state index in [1.807, 2.05) is 22.6 Å². The van der Waals surface area contributed by atoms with Gasteiger partial charge in [-0.15, -0.1) is 10.2 Å². The van der Waals surface area contributed by atoms with Gasteiger partial charge in [-0.25, -0.2) is 0 Å². The van der Waals surface area contributed by atoms with Crippen LogP contribution in [0.1, 0.15) is 9.80 Å². The SMILES string of the molecule is O=C(Cl)c1nnc(I)s1. The molecule has 1 rings (SSSR count). The third-order valence-corrected chi connectivity index (χ3v) is 2.45. The van der Waals surface area contributed by atoms with Crippen molar-refractivity contribution < 1.29 is 4.79 Å².